The number of nitrogens with zero attached hydrogens (tertiary/aromatic N) is 3. The molecule has 1 aliphatic rings. The Morgan fingerprint density at radius 1 is 0.958 bits per heavy atom. The Kier molecular flexibility index (Phi) is 10.4. The number of aromatic nitrogens is 3. The van der Waals surface area contributed by atoms with E-state index in [0.29, 0.717) is 71.1 Å². The molecule has 0 aliphatic carbocycles. The Morgan fingerprint density at radius 3 is 2.40 bits per heavy atom. The van der Waals surface area contributed by atoms with Crippen LogP contribution in [0.4, 0.5) is 0 Å². The maximum absolute atomic E-state index is 13.2. The van der Waals surface area contributed by atoms with E-state index in [9.17, 15) is 9.59 Å². The van der Waals surface area contributed by atoms with E-state index in [4.69, 9.17) is 38.0 Å². The van der Waals surface area contributed by atoms with Crippen LogP contribution < -0.4 is 26.2 Å². The van der Waals surface area contributed by atoms with Gasteiger partial charge in [-0.15, -0.1) is 0 Å². The van der Waals surface area contributed by atoms with Crippen molar-refractivity contribution < 1.29 is 14.6 Å². The molecule has 6 rings (SSSR count). The van der Waals surface area contributed by atoms with E-state index in [-0.39, 0.29) is 24.1 Å². The van der Waals surface area contributed by atoms with Crippen molar-refractivity contribution in [1.82, 2.24) is 30.3 Å². The van der Waals surface area contributed by atoms with E-state index in [2.05, 4.69) is 20.9 Å². The van der Waals surface area contributed by atoms with Crippen LogP contribution in [0.3, 0.4) is 0 Å². The van der Waals surface area contributed by atoms with Crippen molar-refractivity contribution in [1.29, 1.82) is 0 Å². The number of aliphatic hydroxyl groups is 1. The minimum absolute atomic E-state index is 0.0123. The second-order valence-electron chi connectivity index (χ2n) is 11.7. The molecule has 10 nitrogen and oxygen atoms in total. The van der Waals surface area contributed by atoms with Gasteiger partial charge in [-0.2, -0.15) is 0 Å². The summed E-state index contributed by atoms with van der Waals surface area (Å²) < 4.78 is 7.15. The number of rotatable bonds is 12. The average molecular weight is 688 g/mol. The van der Waals surface area contributed by atoms with Crippen LogP contribution in [0.25, 0.3) is 39.2 Å². The number of pyridine rings is 2. The molecular formula is C36H36Cl2N6O4. The lowest BCUT2D eigenvalue weighted by Gasteiger charge is -2.16. The van der Waals surface area contributed by atoms with Crippen molar-refractivity contribution in [3.05, 3.63) is 104 Å². The first-order valence-electron chi connectivity index (χ1n) is 15.7. The van der Waals surface area contributed by atoms with Crippen LogP contribution in [0.1, 0.15) is 29.7 Å². The van der Waals surface area contributed by atoms with Crippen molar-refractivity contribution in [2.75, 3.05) is 26.8 Å². The van der Waals surface area contributed by atoms with E-state index in [1.54, 1.807) is 20.2 Å². The quantitative estimate of drug-likeness (QED) is 0.132. The number of methoxy groups -OCH3 is 1. The van der Waals surface area contributed by atoms with Gasteiger partial charge in [0.1, 0.15) is 5.65 Å². The molecule has 4 N–H and O–H groups in total. The molecule has 1 fully saturated rings. The van der Waals surface area contributed by atoms with Crippen LogP contribution in [0.15, 0.2) is 71.7 Å². The summed E-state index contributed by atoms with van der Waals surface area (Å²) in [6.07, 6.45) is 3.10. The molecule has 5 aromatic rings. The van der Waals surface area contributed by atoms with E-state index < -0.39 is 0 Å². The lowest BCUT2D eigenvalue weighted by molar-refractivity contribution is -0.119. The van der Waals surface area contributed by atoms with Crippen molar-refractivity contribution >= 4 is 34.8 Å². The third-order valence-electron chi connectivity index (χ3n) is 8.52. The number of fused-ring (bicyclic) bond motifs is 1. The normalized spacial score (nSPS) is 14.4. The summed E-state index contributed by atoms with van der Waals surface area (Å²) in [5.74, 6) is 0.583. The third kappa shape index (κ3) is 6.94. The minimum atomic E-state index is -0.161. The summed E-state index contributed by atoms with van der Waals surface area (Å²) in [7, 11) is 1.59. The summed E-state index contributed by atoms with van der Waals surface area (Å²) in [6, 6.07) is 19.2. The van der Waals surface area contributed by atoms with Gasteiger partial charge in [-0.3, -0.25) is 14.0 Å². The average Bonchev–Trinajstić information content (AvgIpc) is 3.51. The highest BCUT2D eigenvalue weighted by Crippen LogP contribution is 2.42. The first kappa shape index (κ1) is 33.6. The number of hydrogen-bond donors (Lipinski definition) is 4. The van der Waals surface area contributed by atoms with E-state index >= 15 is 0 Å². The molecule has 1 atom stereocenters. The topological polar surface area (TPSA) is 130 Å². The van der Waals surface area contributed by atoms with E-state index in [1.165, 1.54) is 4.40 Å². The number of nitrogens with one attached hydrogen (secondary N) is 3. The molecule has 0 bridgehead atoms. The molecule has 3 aromatic heterocycles. The number of carbonyl (C=O) groups excluding carboxylic acids is 1. The first-order valence-corrected chi connectivity index (χ1v) is 16.5. The number of halogens is 2. The Morgan fingerprint density at radius 2 is 1.69 bits per heavy atom. The Bertz CT molecular complexity index is 2050. The van der Waals surface area contributed by atoms with Crippen LogP contribution in [-0.2, 0) is 17.9 Å². The number of aliphatic hydroxyl groups excluding tert-OH is 1. The molecule has 0 spiro atoms. The predicted molar refractivity (Wildman–Crippen MR) is 189 cm³/mol. The highest BCUT2D eigenvalue weighted by molar-refractivity contribution is 6.39. The second-order valence-corrected chi connectivity index (χ2v) is 12.4. The molecule has 1 saturated heterocycles. The summed E-state index contributed by atoms with van der Waals surface area (Å²) in [4.78, 5) is 34.2. The monoisotopic (exact) mass is 686 g/mol. The van der Waals surface area contributed by atoms with Crippen LogP contribution in [-0.4, -0.2) is 58.2 Å². The van der Waals surface area contributed by atoms with Gasteiger partial charge in [-0.05, 0) is 37.1 Å². The molecule has 0 unspecified atom stereocenters. The lowest BCUT2D eigenvalue weighted by atomic mass is 9.97. The fourth-order valence-electron chi connectivity index (χ4n) is 5.99. The number of amides is 1. The summed E-state index contributed by atoms with van der Waals surface area (Å²) in [6.45, 7) is 3.72. The zero-order valence-electron chi connectivity index (χ0n) is 26.6. The van der Waals surface area contributed by atoms with Gasteiger partial charge in [0.15, 0.2) is 0 Å². The van der Waals surface area contributed by atoms with Gasteiger partial charge in [0, 0.05) is 78.3 Å². The fraction of sp³-hybridized carbons (Fsp3) is 0.278. The number of hydrogen-bond acceptors (Lipinski definition) is 8. The molecule has 1 aliphatic heterocycles. The molecule has 2 aromatic carbocycles. The molecule has 248 valence electrons. The van der Waals surface area contributed by atoms with Crippen LogP contribution in [0.5, 0.6) is 5.88 Å². The predicted octanol–water partition coefficient (Wildman–Crippen LogP) is 5.16. The number of ether oxygens (including phenoxy) is 1. The largest absolute Gasteiger partial charge is 0.481 e. The minimum Gasteiger partial charge on any atom is -0.481 e. The summed E-state index contributed by atoms with van der Waals surface area (Å²) >= 11 is 14.2. The van der Waals surface area contributed by atoms with Crippen molar-refractivity contribution in [2.45, 2.75) is 38.9 Å². The smallest absolute Gasteiger partial charge is 0.262 e. The SMILES string of the molecule is COc1nc(-c2cccc(-c3cccc(-c4ccn5c(=O)c(CNCCO)c(C)nc5c4)c3Cl)c2Cl)ccc1CNC[C@@H]1CCC(=O)N1. The number of carbonyl (C=O) groups is 1. The highest BCUT2D eigenvalue weighted by Gasteiger charge is 2.21. The molecular weight excluding hydrogens is 651 g/mol. The number of aryl methyl sites for hydroxylation is 1. The van der Waals surface area contributed by atoms with E-state index in [0.717, 1.165) is 39.8 Å². The van der Waals surface area contributed by atoms with Crippen molar-refractivity contribution in [2.24, 2.45) is 0 Å². The van der Waals surface area contributed by atoms with Crippen molar-refractivity contribution in [3.8, 4) is 39.4 Å². The number of benzene rings is 2. The van der Waals surface area contributed by atoms with Crippen molar-refractivity contribution in [3.63, 3.8) is 0 Å². The van der Waals surface area contributed by atoms with Gasteiger partial charge < -0.3 is 25.8 Å². The summed E-state index contributed by atoms with van der Waals surface area (Å²) in [5, 5.41) is 19.5. The van der Waals surface area contributed by atoms with Crippen LogP contribution in [0.2, 0.25) is 10.0 Å². The van der Waals surface area contributed by atoms with Gasteiger partial charge in [-0.25, -0.2) is 9.97 Å². The van der Waals surface area contributed by atoms with Gasteiger partial charge in [0.05, 0.1) is 35.0 Å². The standard InChI is InChI=1S/C36H36Cl2N6O4/c1-21-29(20-39-14-16-45)36(47)44-15-13-22(17-31(44)41-21)25-5-3-6-26(33(25)37)27-7-4-8-28(34(27)38)30-11-9-23(35(43-30)48-2)18-40-19-24-10-12-32(46)42-24/h3-9,11,13,15,17,24,39-40,45H,10,12,14,16,18-20H2,1-2H3,(H,42,46)/t24-/m0/s1. The van der Waals surface area contributed by atoms with Gasteiger partial charge in [0.25, 0.3) is 5.56 Å². The molecule has 12 heteroatoms. The molecule has 0 radical (unpaired) electrons. The molecule has 0 saturated carbocycles. The third-order valence-corrected chi connectivity index (χ3v) is 9.33. The van der Waals surface area contributed by atoms with Gasteiger partial charge in [-0.1, -0.05) is 65.7 Å². The Balaban J connectivity index is 1.28. The zero-order chi connectivity index (χ0) is 33.8. The van der Waals surface area contributed by atoms with Crippen LogP contribution >= 0.6 is 23.2 Å². The van der Waals surface area contributed by atoms with Gasteiger partial charge in [0.2, 0.25) is 11.8 Å². The maximum Gasteiger partial charge on any atom is 0.262 e. The Hall–Kier alpha value is -4.32. The Labute approximate surface area is 288 Å². The zero-order valence-corrected chi connectivity index (χ0v) is 28.2. The molecule has 48 heavy (non-hydrogen) atoms. The van der Waals surface area contributed by atoms with Crippen LogP contribution in [0, 0.1) is 6.92 Å². The fourth-order valence-corrected chi connectivity index (χ4v) is 6.65. The molecule has 1 amide bonds. The lowest BCUT2D eigenvalue weighted by Crippen LogP contribution is -2.35. The molecule has 4 heterocycles. The second kappa shape index (κ2) is 14.8. The first-order chi connectivity index (χ1) is 23.3. The highest BCUT2D eigenvalue weighted by atomic mass is 35.5. The summed E-state index contributed by atoms with van der Waals surface area (Å²) in [5.41, 5.74) is 6.88. The van der Waals surface area contributed by atoms with Gasteiger partial charge >= 0.3 is 0 Å². The van der Waals surface area contributed by atoms with E-state index in [1.807, 2.05) is 60.7 Å². The maximum atomic E-state index is 13.2.